The molecule has 5 fully saturated rings. The van der Waals surface area contributed by atoms with Crippen molar-refractivity contribution >= 4 is 33.7 Å². The molecule has 5 aromatic rings. The van der Waals surface area contributed by atoms with E-state index in [-0.39, 0.29) is 57.0 Å². The number of H-pyrrole nitrogens is 2. The van der Waals surface area contributed by atoms with Crippen molar-refractivity contribution in [2.45, 2.75) is 151 Å². The van der Waals surface area contributed by atoms with Gasteiger partial charge in [0.1, 0.15) is 29.5 Å². The van der Waals surface area contributed by atoms with Gasteiger partial charge in [0, 0.05) is 75.4 Å². The highest BCUT2D eigenvalue weighted by Gasteiger charge is 2.77. The minimum absolute atomic E-state index is 0.0117. The minimum Gasteiger partial charge on any atom is -0.507 e. The van der Waals surface area contributed by atoms with Crippen LogP contribution in [0.1, 0.15) is 156 Å². The zero-order valence-corrected chi connectivity index (χ0v) is 40.2. The van der Waals surface area contributed by atoms with Crippen LogP contribution in [0.15, 0.2) is 66.3 Å². The van der Waals surface area contributed by atoms with Gasteiger partial charge in [-0.1, -0.05) is 31.3 Å². The number of carbonyl (C=O) groups excluding carboxylic acids is 2. The number of rotatable bonds is 2. The lowest BCUT2D eigenvalue weighted by atomic mass is 9.50. The van der Waals surface area contributed by atoms with Gasteiger partial charge in [-0.3, -0.25) is 9.59 Å². The van der Waals surface area contributed by atoms with Gasteiger partial charge in [0.25, 0.3) is 5.79 Å². The van der Waals surface area contributed by atoms with Gasteiger partial charge in [0.15, 0.2) is 17.5 Å². The van der Waals surface area contributed by atoms with E-state index >= 15 is 9.59 Å². The molecular formula is C57H59N5O10. The quantitative estimate of drug-likeness (QED) is 0.0878. The van der Waals surface area contributed by atoms with E-state index in [9.17, 15) is 30.6 Å². The molecule has 372 valence electrons. The molecule has 2 aromatic carbocycles. The number of anilines is 1. The van der Waals surface area contributed by atoms with Gasteiger partial charge < -0.3 is 55.4 Å². The fourth-order valence-electron chi connectivity index (χ4n) is 17.5. The second-order valence-electron chi connectivity index (χ2n) is 24.0. The third-order valence-electron chi connectivity index (χ3n) is 20.4. The number of aromatic amines is 2. The number of imidazole rings is 1. The Labute approximate surface area is 414 Å². The van der Waals surface area contributed by atoms with Crippen LogP contribution in [0.5, 0.6) is 11.5 Å². The molecule has 15 nitrogen and oxygen atoms in total. The number of hydrogen-bond donors (Lipinski definition) is 9. The normalized spacial score (nSPS) is 36.2. The highest BCUT2D eigenvalue weighted by Crippen LogP contribution is 2.76. The summed E-state index contributed by atoms with van der Waals surface area (Å²) in [7, 11) is 0. The summed E-state index contributed by atoms with van der Waals surface area (Å²) >= 11 is 0. The van der Waals surface area contributed by atoms with Gasteiger partial charge in [-0.2, -0.15) is 0 Å². The Kier molecular flexibility index (Phi) is 8.73. The third kappa shape index (κ3) is 5.36. The number of nitrogens with zero attached hydrogens (tertiary/aromatic N) is 2. The van der Waals surface area contributed by atoms with Crippen LogP contribution in [-0.4, -0.2) is 111 Å². The fourth-order valence-corrected chi connectivity index (χ4v) is 17.5. The minimum atomic E-state index is -2.43. The largest absolute Gasteiger partial charge is 0.507 e. The molecule has 4 aliphatic heterocycles. The van der Waals surface area contributed by atoms with Crippen LogP contribution in [-0.2, 0) is 11.2 Å². The monoisotopic (exact) mass is 973 g/mol. The molecule has 72 heavy (non-hydrogen) atoms. The molecule has 10 atom stereocenters. The summed E-state index contributed by atoms with van der Waals surface area (Å²) in [5.41, 5.74) is 1.25. The number of ether oxygens (including phenoxy) is 2. The van der Waals surface area contributed by atoms with Crippen LogP contribution < -0.4 is 10.1 Å². The summed E-state index contributed by atoms with van der Waals surface area (Å²) < 4.78 is 14.7. The Morgan fingerprint density at radius 1 is 0.833 bits per heavy atom. The Morgan fingerprint density at radius 3 is 2.40 bits per heavy atom. The summed E-state index contributed by atoms with van der Waals surface area (Å²) in [6.07, 6.45) is 11.0. The number of benzene rings is 2. The Hall–Kier alpha value is -5.68. The zero-order chi connectivity index (χ0) is 49.1. The van der Waals surface area contributed by atoms with E-state index in [2.05, 4.69) is 26.3 Å². The number of aryl methyl sites for hydroxylation is 1. The van der Waals surface area contributed by atoms with Crippen molar-refractivity contribution in [1.29, 1.82) is 0 Å². The molecule has 10 unspecified atom stereocenters. The average molecular weight is 974 g/mol. The van der Waals surface area contributed by atoms with Crippen molar-refractivity contribution in [1.82, 2.24) is 19.9 Å². The predicted molar refractivity (Wildman–Crippen MR) is 261 cm³/mol. The van der Waals surface area contributed by atoms with Crippen LogP contribution in [0.2, 0.25) is 0 Å². The molecule has 16 rings (SSSR count). The molecule has 7 heterocycles. The molecule has 9 N–H and O–H groups in total. The fraction of sp³-hybridized carbons (Fsp3) is 0.509. The topological polar surface area (TPSA) is 243 Å². The van der Waals surface area contributed by atoms with Crippen LogP contribution >= 0.6 is 0 Å². The van der Waals surface area contributed by atoms with Gasteiger partial charge >= 0.3 is 0 Å². The molecular weight excluding hydrogens is 915 g/mol. The SMILES string of the molecule is Cc1cc(O)c2c(c1)C(=O)c1c(c3cc4c(nccc14)NCC(O)C14CC5(CCCC5)CC1c1cc(Cc5cnc[nH]5)[nH]c1C1=CC5(O3)OC3(C1=C4CC1(CCC4(CCCC4)C1)C3O)C(O)C(O)C5O)C2=O. The third-order valence-corrected chi connectivity index (χ3v) is 20.4. The van der Waals surface area contributed by atoms with Crippen molar-refractivity contribution in [3.8, 4) is 11.5 Å². The van der Waals surface area contributed by atoms with Crippen molar-refractivity contribution < 1.29 is 49.7 Å². The molecule has 11 aliphatic rings. The van der Waals surface area contributed by atoms with E-state index in [0.29, 0.717) is 71.1 Å². The van der Waals surface area contributed by atoms with Crippen LogP contribution in [0.4, 0.5) is 5.82 Å². The van der Waals surface area contributed by atoms with Crippen LogP contribution in [0.25, 0.3) is 16.3 Å². The summed E-state index contributed by atoms with van der Waals surface area (Å²) in [5, 5.41) is 82.3. The summed E-state index contributed by atoms with van der Waals surface area (Å²) in [6.45, 7) is 1.75. The van der Waals surface area contributed by atoms with Crippen molar-refractivity contribution in [2.75, 3.05) is 11.9 Å². The van der Waals surface area contributed by atoms with Crippen LogP contribution in [0, 0.1) is 28.6 Å². The van der Waals surface area contributed by atoms with E-state index in [1.807, 2.05) is 0 Å². The summed E-state index contributed by atoms with van der Waals surface area (Å²) in [6, 6.07) is 8.41. The van der Waals surface area contributed by atoms with Gasteiger partial charge in [-0.05, 0) is 146 Å². The first kappa shape index (κ1) is 43.9. The number of phenolic OH excluding ortho intramolecular Hbond substituents is 1. The second-order valence-corrected chi connectivity index (χ2v) is 24.0. The Bertz CT molecular complexity index is 3310. The number of aliphatic hydroxyl groups excluding tert-OH is 5. The van der Waals surface area contributed by atoms with Crippen molar-refractivity contribution in [3.05, 3.63) is 117 Å². The van der Waals surface area contributed by atoms with E-state index < -0.39 is 64.3 Å². The average Bonchev–Trinajstić information content (AvgIpc) is 4.25. The Morgan fingerprint density at radius 2 is 1.62 bits per heavy atom. The molecule has 4 saturated carbocycles. The second kappa shape index (κ2) is 14.3. The number of hydrogen-bond acceptors (Lipinski definition) is 13. The molecule has 0 radical (unpaired) electrons. The molecule has 7 aliphatic carbocycles. The molecule has 0 amide bonds. The smallest absolute Gasteiger partial charge is 0.261 e. The number of fused-ring (bicyclic) bond motifs is 7. The molecule has 6 spiro atoms. The number of aliphatic hydroxyl groups is 5. The number of carbonyl (C=O) groups is 2. The first-order valence-electron chi connectivity index (χ1n) is 26.2. The summed E-state index contributed by atoms with van der Waals surface area (Å²) in [4.78, 5) is 46.5. The van der Waals surface area contributed by atoms with Crippen LogP contribution in [0.3, 0.4) is 0 Å². The lowest BCUT2D eigenvalue weighted by molar-refractivity contribution is -0.366. The first-order valence-corrected chi connectivity index (χ1v) is 26.2. The van der Waals surface area contributed by atoms with E-state index in [0.717, 1.165) is 86.7 Å². The molecule has 15 heteroatoms. The maximum Gasteiger partial charge on any atom is 0.261 e. The number of aromatic hydroxyl groups is 1. The van der Waals surface area contributed by atoms with Gasteiger partial charge in [-0.25, -0.2) is 9.97 Å². The van der Waals surface area contributed by atoms with E-state index in [1.54, 1.807) is 49.9 Å². The van der Waals surface area contributed by atoms with Crippen molar-refractivity contribution in [3.63, 3.8) is 0 Å². The molecule has 1 saturated heterocycles. The first-order chi connectivity index (χ1) is 34.6. The van der Waals surface area contributed by atoms with Gasteiger partial charge in [-0.15, -0.1) is 0 Å². The molecule has 8 bridgehead atoms. The highest BCUT2D eigenvalue weighted by atomic mass is 16.7. The molecule has 3 aromatic heterocycles. The number of phenols is 1. The zero-order valence-electron chi connectivity index (χ0n) is 40.2. The maximum atomic E-state index is 15.2. The number of ketones is 2. The highest BCUT2D eigenvalue weighted by molar-refractivity contribution is 6.34. The van der Waals surface area contributed by atoms with E-state index in [1.165, 1.54) is 6.07 Å². The predicted octanol–water partition coefficient (Wildman–Crippen LogP) is 6.71. The maximum absolute atomic E-state index is 15.2. The number of pyridine rings is 1. The number of nitrogens with one attached hydrogen (secondary N) is 3. The van der Waals surface area contributed by atoms with Gasteiger partial charge in [0.05, 0.1) is 29.7 Å². The Balaban J connectivity index is 1.07. The standard InChI is InChI=1S/C57H59N5O10/c1-27-14-33-40(37(63)15-27)46(66)42-38-18-31-30(41(42)45(33)65)6-13-59-50(31)60-23-39(64)55-25-53(9-4-5-10-53)20-35(55)32-17-28(16-29-22-58-26-61-29)62-44(32)34-19-56(71-38)48(68)47(67)49(69)57(72-56)43(34)36(55)21-54(51(57)70)12-11-52(24-54)7-2-3-8-52/h6,13-15,17-19,22,26,35,39,47-49,51,62-64,67-70H,2-5,7-12,16,20-21,23-25H2,1H3,(H,58,61)(H,59,60). The summed E-state index contributed by atoms with van der Waals surface area (Å²) in [5.74, 6) is -4.22. The van der Waals surface area contributed by atoms with Crippen molar-refractivity contribution in [2.24, 2.45) is 21.7 Å². The lowest BCUT2D eigenvalue weighted by Gasteiger charge is -2.64. The van der Waals surface area contributed by atoms with Gasteiger partial charge in [0.2, 0.25) is 5.78 Å². The van der Waals surface area contributed by atoms with E-state index in [4.69, 9.17) is 14.5 Å². The lowest BCUT2D eigenvalue weighted by Crippen LogP contribution is -2.79. The number of aromatic nitrogens is 4.